The molecule has 3 fully saturated rings. The Morgan fingerprint density at radius 2 is 2.02 bits per heavy atom. The lowest BCUT2D eigenvalue weighted by molar-refractivity contribution is -0.123. The second-order valence-corrected chi connectivity index (χ2v) is 13.4. The van der Waals surface area contributed by atoms with E-state index >= 15 is 0 Å². The number of halogens is 2. The van der Waals surface area contributed by atoms with Crippen molar-refractivity contribution in [3.8, 4) is 28.6 Å². The van der Waals surface area contributed by atoms with Crippen molar-refractivity contribution in [3.05, 3.63) is 57.9 Å². The molecule has 1 aliphatic heterocycles. The van der Waals surface area contributed by atoms with E-state index in [1.165, 1.54) is 13.3 Å². The zero-order valence-corrected chi connectivity index (χ0v) is 26.9. The van der Waals surface area contributed by atoms with Crippen LogP contribution in [0, 0.1) is 5.92 Å². The predicted octanol–water partition coefficient (Wildman–Crippen LogP) is 4.87. The summed E-state index contributed by atoms with van der Waals surface area (Å²) in [7, 11) is 1.47. The van der Waals surface area contributed by atoms with Crippen LogP contribution in [-0.4, -0.2) is 60.2 Å². The Bertz CT molecular complexity index is 1810. The van der Waals surface area contributed by atoms with E-state index in [1.54, 1.807) is 31.3 Å². The van der Waals surface area contributed by atoms with E-state index in [4.69, 9.17) is 42.3 Å². The van der Waals surface area contributed by atoms with E-state index in [0.717, 1.165) is 25.7 Å². The highest BCUT2D eigenvalue weighted by Gasteiger charge is 2.45. The van der Waals surface area contributed by atoms with Gasteiger partial charge in [-0.15, -0.1) is 0 Å². The summed E-state index contributed by atoms with van der Waals surface area (Å²) >= 11 is 6.70. The standard InChI is InChI=1S/C34H36ClFN6O5/c1-33(32(38)44)16-46-29-23(33)13-24(42-28(29)21-7-10-39-31(45-2)26(21)35)22(17-3-4-17)15-40-30(43)18-11-19(14-41-34(36)8-9-34)27(37)25(12-18)47-20-5-6-20/h7,10-14,17,20,22H,3-6,8-9,15-16,37H2,1-2H3,(H2,38,44)(H,40,43)/b41-14+/t22-,33-/m0/s1. The van der Waals surface area contributed by atoms with Crippen LogP contribution >= 0.6 is 11.6 Å². The van der Waals surface area contributed by atoms with Gasteiger partial charge in [0.25, 0.3) is 5.91 Å². The number of alkyl halides is 1. The van der Waals surface area contributed by atoms with E-state index in [1.807, 2.05) is 6.07 Å². The van der Waals surface area contributed by atoms with Crippen LogP contribution in [0.4, 0.5) is 10.1 Å². The molecule has 0 bridgehead atoms. The zero-order chi connectivity index (χ0) is 33.1. The first-order valence-electron chi connectivity index (χ1n) is 15.8. The minimum Gasteiger partial charge on any atom is -0.489 e. The van der Waals surface area contributed by atoms with Gasteiger partial charge in [0.05, 0.1) is 18.9 Å². The number of pyridine rings is 2. The van der Waals surface area contributed by atoms with Gasteiger partial charge in [0, 0.05) is 65.7 Å². The molecular weight excluding hydrogens is 627 g/mol. The number of fused-ring (bicyclic) bond motifs is 1. The summed E-state index contributed by atoms with van der Waals surface area (Å²) in [6.07, 6.45) is 7.43. The Morgan fingerprint density at radius 3 is 2.68 bits per heavy atom. The number of aliphatic imine (C=N–C) groups is 1. The maximum Gasteiger partial charge on any atom is 0.251 e. The third-order valence-corrected chi connectivity index (χ3v) is 9.71. The lowest BCUT2D eigenvalue weighted by Gasteiger charge is -2.22. The molecular formula is C34H36ClFN6O5. The first-order valence-corrected chi connectivity index (χ1v) is 16.2. The number of nitrogen functional groups attached to an aromatic ring is 1. The van der Waals surface area contributed by atoms with Crippen LogP contribution in [0.25, 0.3) is 11.3 Å². The van der Waals surface area contributed by atoms with Gasteiger partial charge in [0.1, 0.15) is 34.2 Å². The van der Waals surface area contributed by atoms with E-state index < -0.39 is 17.1 Å². The molecule has 2 aromatic heterocycles. The van der Waals surface area contributed by atoms with Crippen LogP contribution in [0.15, 0.2) is 35.5 Å². The fourth-order valence-corrected chi connectivity index (χ4v) is 6.09. The number of rotatable bonds is 12. The van der Waals surface area contributed by atoms with Gasteiger partial charge in [0.2, 0.25) is 11.8 Å². The molecule has 11 nitrogen and oxygen atoms in total. The highest BCUT2D eigenvalue weighted by Crippen LogP contribution is 2.50. The minimum atomic E-state index is -1.57. The molecule has 0 unspecified atom stereocenters. The number of nitrogens with one attached hydrogen (secondary N) is 1. The monoisotopic (exact) mass is 662 g/mol. The van der Waals surface area contributed by atoms with Crippen molar-refractivity contribution < 1.29 is 28.2 Å². The summed E-state index contributed by atoms with van der Waals surface area (Å²) in [6.45, 7) is 2.06. The van der Waals surface area contributed by atoms with Gasteiger partial charge in [-0.2, -0.15) is 0 Å². The third kappa shape index (κ3) is 6.06. The Morgan fingerprint density at radius 1 is 1.26 bits per heavy atom. The zero-order valence-electron chi connectivity index (χ0n) is 26.1. The molecule has 0 saturated heterocycles. The Balaban J connectivity index is 1.22. The normalized spacial score (nSPS) is 21.5. The van der Waals surface area contributed by atoms with Gasteiger partial charge in [-0.1, -0.05) is 11.6 Å². The Hall–Kier alpha value is -4.45. The second kappa shape index (κ2) is 11.7. The maximum absolute atomic E-state index is 14.3. The average molecular weight is 663 g/mol. The number of amides is 2. The van der Waals surface area contributed by atoms with Gasteiger partial charge in [-0.3, -0.25) is 14.6 Å². The molecule has 3 aliphatic carbocycles. The molecule has 0 spiro atoms. The molecule has 7 rings (SSSR count). The average Bonchev–Trinajstić information content (AvgIpc) is 3.95. The van der Waals surface area contributed by atoms with Crippen molar-refractivity contribution in [3.63, 3.8) is 0 Å². The van der Waals surface area contributed by atoms with Crippen molar-refractivity contribution in [1.82, 2.24) is 15.3 Å². The number of benzene rings is 1. The highest BCUT2D eigenvalue weighted by molar-refractivity contribution is 6.34. The number of ether oxygens (including phenoxy) is 3. The number of hydrogen-bond donors (Lipinski definition) is 3. The molecule has 0 radical (unpaired) electrons. The SMILES string of the molecule is COc1nccc(-c2nc([C@@H](CNC(=O)c3cc(/C=N/C4(F)CC4)c(N)c(OC4CC4)c3)C3CC3)cc3c2OC[C@]3(C)C(N)=O)c1Cl. The molecule has 2 amide bonds. The maximum atomic E-state index is 14.3. The molecule has 246 valence electrons. The molecule has 2 atom stereocenters. The lowest BCUT2D eigenvalue weighted by Crippen LogP contribution is -2.40. The summed E-state index contributed by atoms with van der Waals surface area (Å²) in [5.41, 5.74) is 14.5. The molecule has 5 N–H and O–H groups in total. The van der Waals surface area contributed by atoms with Crippen molar-refractivity contribution in [2.24, 2.45) is 16.6 Å². The summed E-state index contributed by atoms with van der Waals surface area (Å²) < 4.78 is 31.7. The van der Waals surface area contributed by atoms with Gasteiger partial charge in [-0.25, -0.2) is 14.4 Å². The fourth-order valence-electron chi connectivity index (χ4n) is 5.81. The molecule has 47 heavy (non-hydrogen) atoms. The highest BCUT2D eigenvalue weighted by atomic mass is 35.5. The second-order valence-electron chi connectivity index (χ2n) is 13.1. The predicted molar refractivity (Wildman–Crippen MR) is 174 cm³/mol. The van der Waals surface area contributed by atoms with E-state index in [0.29, 0.717) is 63.7 Å². The number of anilines is 1. The molecule has 3 aromatic rings. The van der Waals surface area contributed by atoms with Gasteiger partial charge in [-0.05, 0) is 62.8 Å². The number of nitrogens with zero attached hydrogens (tertiary/aromatic N) is 3. The van der Waals surface area contributed by atoms with Crippen LogP contribution in [0.3, 0.4) is 0 Å². The van der Waals surface area contributed by atoms with Gasteiger partial charge >= 0.3 is 0 Å². The quantitative estimate of drug-likeness (QED) is 0.141. The van der Waals surface area contributed by atoms with Crippen molar-refractivity contribution in [2.45, 2.75) is 68.7 Å². The number of hydrogen-bond acceptors (Lipinski definition) is 9. The third-order valence-electron chi connectivity index (χ3n) is 9.35. The van der Waals surface area contributed by atoms with Crippen LogP contribution in [0.5, 0.6) is 17.4 Å². The molecule has 3 saturated carbocycles. The topological polar surface area (TPSA) is 164 Å². The molecule has 4 aliphatic rings. The largest absolute Gasteiger partial charge is 0.489 e. The van der Waals surface area contributed by atoms with Crippen molar-refractivity contribution >= 4 is 35.3 Å². The summed E-state index contributed by atoms with van der Waals surface area (Å²) in [5, 5.41) is 3.33. The number of carbonyl (C=O) groups excluding carboxylic acids is 2. The summed E-state index contributed by atoms with van der Waals surface area (Å²) in [4.78, 5) is 39.7. The number of primary amides is 1. The first kappa shape index (κ1) is 31.2. The fraction of sp³-hybridized carbons (Fsp3) is 0.441. The van der Waals surface area contributed by atoms with Crippen LogP contribution in [0.1, 0.15) is 78.5 Å². The van der Waals surface area contributed by atoms with Crippen molar-refractivity contribution in [2.75, 3.05) is 26.0 Å². The van der Waals surface area contributed by atoms with E-state index in [-0.39, 0.29) is 47.9 Å². The number of carbonyl (C=O) groups is 2. The van der Waals surface area contributed by atoms with Gasteiger partial charge < -0.3 is 31.0 Å². The van der Waals surface area contributed by atoms with Crippen LogP contribution in [-0.2, 0) is 10.2 Å². The number of aromatic nitrogens is 2. The van der Waals surface area contributed by atoms with E-state index in [9.17, 15) is 14.0 Å². The Labute approximate surface area is 276 Å². The summed E-state index contributed by atoms with van der Waals surface area (Å²) in [6, 6.07) is 6.80. The van der Waals surface area contributed by atoms with Crippen LogP contribution in [0.2, 0.25) is 5.02 Å². The molecule has 1 aromatic carbocycles. The lowest BCUT2D eigenvalue weighted by atomic mass is 9.82. The molecule has 3 heterocycles. The number of nitrogens with two attached hydrogens (primary N) is 2. The van der Waals surface area contributed by atoms with E-state index in [2.05, 4.69) is 15.3 Å². The smallest absolute Gasteiger partial charge is 0.251 e. The molecule has 13 heteroatoms. The first-order chi connectivity index (χ1) is 22.5. The number of methoxy groups -OCH3 is 1. The van der Waals surface area contributed by atoms with Gasteiger partial charge in [0.15, 0.2) is 5.79 Å². The van der Waals surface area contributed by atoms with Crippen molar-refractivity contribution in [1.29, 1.82) is 0 Å². The summed E-state index contributed by atoms with van der Waals surface area (Å²) in [5.74, 6) is -1.36. The van der Waals surface area contributed by atoms with Crippen LogP contribution < -0.4 is 31.0 Å². The minimum absolute atomic E-state index is 0.0413. The Kier molecular flexibility index (Phi) is 7.73.